The molecule has 1 atom stereocenters. The highest BCUT2D eigenvalue weighted by molar-refractivity contribution is 5.95. The Bertz CT molecular complexity index is 662. The van der Waals surface area contributed by atoms with Gasteiger partial charge in [0.15, 0.2) is 0 Å². The van der Waals surface area contributed by atoms with E-state index in [1.54, 1.807) is 12.3 Å². The molecule has 0 aromatic carbocycles. The van der Waals surface area contributed by atoms with E-state index >= 15 is 0 Å². The van der Waals surface area contributed by atoms with Crippen LogP contribution in [0.2, 0.25) is 0 Å². The molecule has 0 saturated carbocycles. The molecule has 1 aliphatic carbocycles. The Morgan fingerprint density at radius 3 is 2.86 bits per heavy atom. The van der Waals surface area contributed by atoms with Crippen LogP contribution in [-0.4, -0.2) is 30.0 Å². The lowest BCUT2D eigenvalue weighted by atomic mass is 9.84. The van der Waals surface area contributed by atoms with Gasteiger partial charge in [0.05, 0.1) is 13.2 Å². The predicted molar refractivity (Wildman–Crippen MR) is 78.4 cm³/mol. The Morgan fingerprint density at radius 1 is 1.32 bits per heavy atom. The summed E-state index contributed by atoms with van der Waals surface area (Å²) in [7, 11) is 1.33. The number of ether oxygens (including phenoxy) is 1. The molecule has 1 aliphatic heterocycles. The molecular formula is C16H17N3O3. The molecule has 0 spiro atoms. The monoisotopic (exact) mass is 299 g/mol. The predicted octanol–water partition coefficient (Wildman–Crippen LogP) is 2.64. The Labute approximate surface area is 128 Å². The van der Waals surface area contributed by atoms with Crippen LogP contribution in [0.15, 0.2) is 39.7 Å². The summed E-state index contributed by atoms with van der Waals surface area (Å²) < 4.78 is 4.63. The fourth-order valence-corrected chi connectivity index (χ4v) is 2.95. The maximum absolute atomic E-state index is 11.8. The molecule has 0 N–H and O–H groups in total. The maximum atomic E-state index is 11.8. The third-order valence-corrected chi connectivity index (χ3v) is 4.11. The summed E-state index contributed by atoms with van der Waals surface area (Å²) in [5.41, 5.74) is 3.22. The van der Waals surface area contributed by atoms with Gasteiger partial charge in [-0.15, -0.1) is 5.11 Å². The topological polar surface area (TPSA) is 81.0 Å². The normalized spacial score (nSPS) is 20.8. The minimum atomic E-state index is -0.452. The van der Waals surface area contributed by atoms with Crippen molar-refractivity contribution in [3.05, 3.63) is 40.7 Å². The van der Waals surface area contributed by atoms with Crippen molar-refractivity contribution in [3.8, 4) is 0 Å². The van der Waals surface area contributed by atoms with E-state index < -0.39 is 5.97 Å². The van der Waals surface area contributed by atoms with Gasteiger partial charge in [0, 0.05) is 18.2 Å². The van der Waals surface area contributed by atoms with Crippen LogP contribution >= 0.6 is 0 Å². The number of azo groups is 1. The molecule has 0 saturated heterocycles. The van der Waals surface area contributed by atoms with Gasteiger partial charge in [-0.3, -0.25) is 4.79 Å². The first kappa shape index (κ1) is 14.6. The summed E-state index contributed by atoms with van der Waals surface area (Å²) in [5, 5.41) is 7.95. The highest BCUT2D eigenvalue weighted by Crippen LogP contribution is 2.33. The van der Waals surface area contributed by atoms with E-state index in [-0.39, 0.29) is 17.6 Å². The van der Waals surface area contributed by atoms with Crippen molar-refractivity contribution in [1.29, 1.82) is 0 Å². The van der Waals surface area contributed by atoms with Crippen molar-refractivity contribution in [2.24, 2.45) is 10.2 Å². The summed E-state index contributed by atoms with van der Waals surface area (Å²) in [4.78, 5) is 27.3. The Hall–Kier alpha value is -2.37. The molecule has 6 heteroatoms. The van der Waals surface area contributed by atoms with E-state index in [4.69, 9.17) is 0 Å². The molecule has 0 bridgehead atoms. The Balaban J connectivity index is 1.78. The van der Waals surface area contributed by atoms with Crippen molar-refractivity contribution in [1.82, 2.24) is 4.98 Å². The second-order valence-electron chi connectivity index (χ2n) is 5.49. The molecule has 0 fully saturated rings. The van der Waals surface area contributed by atoms with Crippen molar-refractivity contribution in [3.63, 3.8) is 0 Å². The smallest absolute Gasteiger partial charge is 0.356 e. The number of hydrogen-bond acceptors (Lipinski definition) is 5. The standard InChI is InChI=1S/C16H17N3O3/c1-22-16(21)13-7-6-10(9-17-13)8-14-11-4-2-3-5-12(11)15(20)19-18-14/h6-7,9,14H,2-5,8H2,1H3. The zero-order valence-electron chi connectivity index (χ0n) is 12.4. The van der Waals surface area contributed by atoms with Gasteiger partial charge in [-0.25, -0.2) is 9.78 Å². The number of pyridine rings is 1. The van der Waals surface area contributed by atoms with Gasteiger partial charge < -0.3 is 4.74 Å². The molecule has 22 heavy (non-hydrogen) atoms. The maximum Gasteiger partial charge on any atom is 0.356 e. The molecule has 1 aromatic heterocycles. The number of carbonyl (C=O) groups is 2. The van der Waals surface area contributed by atoms with Gasteiger partial charge in [-0.1, -0.05) is 6.07 Å². The van der Waals surface area contributed by atoms with Crippen LogP contribution in [0.25, 0.3) is 0 Å². The van der Waals surface area contributed by atoms with Crippen LogP contribution in [0.3, 0.4) is 0 Å². The molecule has 1 unspecified atom stereocenters. The first-order valence-corrected chi connectivity index (χ1v) is 7.39. The Kier molecular flexibility index (Phi) is 4.09. The van der Waals surface area contributed by atoms with Gasteiger partial charge in [0.25, 0.3) is 5.91 Å². The number of amides is 1. The molecule has 2 aliphatic rings. The van der Waals surface area contributed by atoms with Gasteiger partial charge >= 0.3 is 5.97 Å². The zero-order chi connectivity index (χ0) is 15.5. The fourth-order valence-electron chi connectivity index (χ4n) is 2.95. The lowest BCUT2D eigenvalue weighted by Crippen LogP contribution is -2.23. The quantitative estimate of drug-likeness (QED) is 0.803. The van der Waals surface area contributed by atoms with Gasteiger partial charge in [0.1, 0.15) is 5.69 Å². The van der Waals surface area contributed by atoms with Crippen molar-refractivity contribution < 1.29 is 14.3 Å². The average molecular weight is 299 g/mol. The van der Waals surface area contributed by atoms with E-state index in [0.29, 0.717) is 6.42 Å². The molecule has 1 aromatic rings. The summed E-state index contributed by atoms with van der Waals surface area (Å²) in [6.07, 6.45) is 6.16. The number of nitrogens with zero attached hydrogens (tertiary/aromatic N) is 3. The van der Waals surface area contributed by atoms with E-state index in [1.165, 1.54) is 7.11 Å². The second kappa shape index (κ2) is 6.17. The molecule has 2 heterocycles. The number of esters is 1. The first-order chi connectivity index (χ1) is 10.7. The number of rotatable bonds is 3. The molecule has 3 rings (SSSR count). The highest BCUT2D eigenvalue weighted by Gasteiger charge is 2.28. The molecule has 6 nitrogen and oxygen atoms in total. The Morgan fingerprint density at radius 2 is 2.14 bits per heavy atom. The van der Waals surface area contributed by atoms with E-state index in [2.05, 4.69) is 19.9 Å². The number of methoxy groups -OCH3 is 1. The zero-order valence-corrected chi connectivity index (χ0v) is 12.4. The number of carbonyl (C=O) groups excluding carboxylic acids is 2. The minimum absolute atomic E-state index is 0.0845. The van der Waals surface area contributed by atoms with Crippen molar-refractivity contribution >= 4 is 11.9 Å². The van der Waals surface area contributed by atoms with Crippen LogP contribution in [0.5, 0.6) is 0 Å². The fraction of sp³-hybridized carbons (Fsp3) is 0.438. The van der Waals surface area contributed by atoms with E-state index in [0.717, 1.165) is 42.4 Å². The van der Waals surface area contributed by atoms with Crippen LogP contribution in [0.4, 0.5) is 0 Å². The summed E-state index contributed by atoms with van der Waals surface area (Å²) >= 11 is 0. The van der Waals surface area contributed by atoms with Gasteiger partial charge in [0.2, 0.25) is 0 Å². The lowest BCUT2D eigenvalue weighted by molar-refractivity contribution is -0.115. The third-order valence-electron chi connectivity index (χ3n) is 4.11. The third kappa shape index (κ3) is 2.81. The summed E-state index contributed by atoms with van der Waals surface area (Å²) in [6.45, 7) is 0. The first-order valence-electron chi connectivity index (χ1n) is 7.39. The van der Waals surface area contributed by atoms with Crippen molar-refractivity contribution in [2.45, 2.75) is 38.1 Å². The molecule has 0 radical (unpaired) electrons. The average Bonchev–Trinajstić information content (AvgIpc) is 2.57. The largest absolute Gasteiger partial charge is 0.464 e. The van der Waals surface area contributed by atoms with E-state index in [1.807, 2.05) is 6.07 Å². The SMILES string of the molecule is COC(=O)c1ccc(CC2N=NC(=O)C3=C2CCCC3)cn1. The van der Waals surface area contributed by atoms with Crippen LogP contribution in [0.1, 0.15) is 41.7 Å². The molecule has 1 amide bonds. The van der Waals surface area contributed by atoms with Crippen molar-refractivity contribution in [2.75, 3.05) is 7.11 Å². The summed E-state index contributed by atoms with van der Waals surface area (Å²) in [5.74, 6) is -0.628. The van der Waals surface area contributed by atoms with Crippen LogP contribution in [0, 0.1) is 0 Å². The molecule has 114 valence electrons. The highest BCUT2D eigenvalue weighted by atomic mass is 16.5. The number of hydrogen-bond donors (Lipinski definition) is 0. The minimum Gasteiger partial charge on any atom is -0.464 e. The van der Waals surface area contributed by atoms with Crippen LogP contribution < -0.4 is 0 Å². The molecular weight excluding hydrogens is 282 g/mol. The summed E-state index contributed by atoms with van der Waals surface area (Å²) in [6, 6.07) is 3.40. The van der Waals surface area contributed by atoms with E-state index in [9.17, 15) is 9.59 Å². The number of aromatic nitrogens is 1. The van der Waals surface area contributed by atoms with Gasteiger partial charge in [-0.05, 0) is 42.9 Å². The second-order valence-corrected chi connectivity index (χ2v) is 5.49. The lowest BCUT2D eigenvalue weighted by Gasteiger charge is -2.25. The van der Waals surface area contributed by atoms with Gasteiger partial charge in [-0.2, -0.15) is 5.11 Å². The van der Waals surface area contributed by atoms with Crippen LogP contribution in [-0.2, 0) is 16.0 Å².